The third kappa shape index (κ3) is 3.14. The molecular formula is C16H19N3OS. The Balaban J connectivity index is 1.66. The summed E-state index contributed by atoms with van der Waals surface area (Å²) in [4.78, 5) is 16.8. The number of benzene rings is 1. The normalized spacial score (nSPS) is 17.6. The van der Waals surface area contributed by atoms with E-state index in [-0.39, 0.29) is 11.9 Å². The quantitative estimate of drug-likeness (QED) is 0.916. The lowest BCUT2D eigenvalue weighted by Crippen LogP contribution is -2.44. The van der Waals surface area contributed by atoms with Gasteiger partial charge < -0.3 is 10.6 Å². The summed E-state index contributed by atoms with van der Waals surface area (Å²) in [5, 5.41) is 8.90. The molecule has 110 valence electrons. The van der Waals surface area contributed by atoms with Crippen LogP contribution < -0.4 is 10.6 Å². The Morgan fingerprint density at radius 1 is 1.38 bits per heavy atom. The first-order chi connectivity index (χ1) is 10.1. The molecule has 0 unspecified atom stereocenters. The summed E-state index contributed by atoms with van der Waals surface area (Å²) in [5.74, 6) is 0.376. The van der Waals surface area contributed by atoms with Crippen molar-refractivity contribution >= 4 is 22.4 Å². The van der Waals surface area contributed by atoms with Crippen LogP contribution in [0.15, 0.2) is 29.6 Å². The van der Waals surface area contributed by atoms with Crippen molar-refractivity contribution in [3.8, 4) is 0 Å². The minimum Gasteiger partial charge on any atom is -0.301 e. The van der Waals surface area contributed by atoms with Crippen molar-refractivity contribution in [1.82, 2.24) is 10.3 Å². The van der Waals surface area contributed by atoms with E-state index in [1.165, 1.54) is 22.5 Å². The van der Waals surface area contributed by atoms with Crippen molar-refractivity contribution in [3.63, 3.8) is 0 Å². The highest BCUT2D eigenvalue weighted by molar-refractivity contribution is 7.13. The second-order valence-corrected chi connectivity index (χ2v) is 6.49. The van der Waals surface area contributed by atoms with E-state index < -0.39 is 0 Å². The molecule has 0 aliphatic carbocycles. The van der Waals surface area contributed by atoms with Crippen molar-refractivity contribution in [3.05, 3.63) is 46.5 Å². The second kappa shape index (κ2) is 5.95. The second-order valence-electron chi connectivity index (χ2n) is 5.63. The Hall–Kier alpha value is -1.72. The van der Waals surface area contributed by atoms with E-state index in [0.29, 0.717) is 11.0 Å². The summed E-state index contributed by atoms with van der Waals surface area (Å²) in [6.07, 6.45) is 0.727. The molecule has 1 aromatic carbocycles. The minimum absolute atomic E-state index is 0.00541. The molecule has 2 heterocycles. The van der Waals surface area contributed by atoms with Crippen LogP contribution in [0.3, 0.4) is 0 Å². The number of anilines is 1. The number of carbonyl (C=O) groups is 1. The largest absolute Gasteiger partial charge is 0.301 e. The zero-order valence-electron chi connectivity index (χ0n) is 12.2. The SMILES string of the molecule is CC(C)c1csc(NC(=O)[C@H]2Cc3ccccc3CN2)n1. The summed E-state index contributed by atoms with van der Waals surface area (Å²) in [6.45, 7) is 4.93. The lowest BCUT2D eigenvalue weighted by atomic mass is 9.95. The van der Waals surface area contributed by atoms with E-state index >= 15 is 0 Å². The van der Waals surface area contributed by atoms with Crippen LogP contribution >= 0.6 is 11.3 Å². The molecule has 0 saturated heterocycles. The molecule has 1 aliphatic heterocycles. The molecule has 0 saturated carbocycles. The predicted octanol–water partition coefficient (Wildman–Crippen LogP) is 2.92. The maximum absolute atomic E-state index is 12.3. The molecule has 2 aromatic rings. The van der Waals surface area contributed by atoms with Gasteiger partial charge in [-0.25, -0.2) is 4.98 Å². The Bertz CT molecular complexity index is 650. The molecule has 1 aliphatic rings. The van der Waals surface area contributed by atoms with Crippen LogP contribution in [0, 0.1) is 0 Å². The van der Waals surface area contributed by atoms with E-state index in [4.69, 9.17) is 0 Å². The Morgan fingerprint density at radius 3 is 2.86 bits per heavy atom. The zero-order valence-corrected chi connectivity index (χ0v) is 13.0. The highest BCUT2D eigenvalue weighted by Crippen LogP contribution is 2.22. The van der Waals surface area contributed by atoms with E-state index in [1.54, 1.807) is 0 Å². The fourth-order valence-electron chi connectivity index (χ4n) is 2.44. The standard InChI is InChI=1S/C16H19N3OS/c1-10(2)14-9-21-16(18-14)19-15(20)13-7-11-5-3-4-6-12(11)8-17-13/h3-6,9-10,13,17H,7-8H2,1-2H3,(H,18,19,20)/t13-/m1/s1. The van der Waals surface area contributed by atoms with Crippen LogP contribution in [0.4, 0.5) is 5.13 Å². The van der Waals surface area contributed by atoms with Crippen LogP contribution in [-0.2, 0) is 17.8 Å². The fraction of sp³-hybridized carbons (Fsp3) is 0.375. The first kappa shape index (κ1) is 14.2. The van der Waals surface area contributed by atoms with Gasteiger partial charge in [0.05, 0.1) is 11.7 Å². The smallest absolute Gasteiger partial charge is 0.243 e. The lowest BCUT2D eigenvalue weighted by Gasteiger charge is -2.24. The molecule has 21 heavy (non-hydrogen) atoms. The van der Waals surface area contributed by atoms with Gasteiger partial charge in [0.1, 0.15) is 0 Å². The molecule has 1 aromatic heterocycles. The maximum Gasteiger partial charge on any atom is 0.243 e. The lowest BCUT2D eigenvalue weighted by molar-refractivity contribution is -0.118. The molecule has 0 fully saturated rings. The van der Waals surface area contributed by atoms with Crippen molar-refractivity contribution < 1.29 is 4.79 Å². The summed E-state index contributed by atoms with van der Waals surface area (Å²) in [7, 11) is 0. The summed E-state index contributed by atoms with van der Waals surface area (Å²) >= 11 is 1.48. The molecule has 1 atom stereocenters. The molecule has 0 spiro atoms. The number of rotatable bonds is 3. The van der Waals surface area contributed by atoms with Gasteiger partial charge >= 0.3 is 0 Å². The Kier molecular flexibility index (Phi) is 4.03. The molecule has 0 bridgehead atoms. The van der Waals surface area contributed by atoms with E-state index in [9.17, 15) is 4.79 Å². The molecule has 4 nitrogen and oxygen atoms in total. The van der Waals surface area contributed by atoms with Gasteiger partial charge in [0, 0.05) is 11.9 Å². The summed E-state index contributed by atoms with van der Waals surface area (Å²) in [5.41, 5.74) is 3.55. The average molecular weight is 301 g/mol. The number of aromatic nitrogens is 1. The van der Waals surface area contributed by atoms with Gasteiger partial charge in [-0.3, -0.25) is 4.79 Å². The van der Waals surface area contributed by atoms with Gasteiger partial charge in [-0.05, 0) is 23.5 Å². The third-order valence-corrected chi connectivity index (χ3v) is 4.52. The monoisotopic (exact) mass is 301 g/mol. The van der Waals surface area contributed by atoms with Gasteiger partial charge in [-0.2, -0.15) is 0 Å². The topological polar surface area (TPSA) is 54.0 Å². The van der Waals surface area contributed by atoms with Crippen LogP contribution in [-0.4, -0.2) is 16.9 Å². The highest BCUT2D eigenvalue weighted by Gasteiger charge is 2.24. The first-order valence-corrected chi connectivity index (χ1v) is 8.08. The summed E-state index contributed by atoms with van der Waals surface area (Å²) < 4.78 is 0. The van der Waals surface area contributed by atoms with E-state index in [2.05, 4.69) is 41.6 Å². The number of thiazole rings is 1. The molecular weight excluding hydrogens is 282 g/mol. The van der Waals surface area contributed by atoms with Crippen LogP contribution in [0.5, 0.6) is 0 Å². The number of nitrogens with zero attached hydrogens (tertiary/aromatic N) is 1. The van der Waals surface area contributed by atoms with Crippen molar-refractivity contribution in [2.24, 2.45) is 0 Å². The molecule has 2 N–H and O–H groups in total. The first-order valence-electron chi connectivity index (χ1n) is 7.20. The van der Waals surface area contributed by atoms with Gasteiger partial charge in [0.15, 0.2) is 5.13 Å². The average Bonchev–Trinajstić information content (AvgIpc) is 2.95. The maximum atomic E-state index is 12.3. The van der Waals surface area contributed by atoms with Crippen LogP contribution in [0.1, 0.15) is 36.6 Å². The Labute approximate surface area is 128 Å². The number of fused-ring (bicyclic) bond motifs is 1. The van der Waals surface area contributed by atoms with Crippen LogP contribution in [0.2, 0.25) is 0 Å². The number of nitrogens with one attached hydrogen (secondary N) is 2. The van der Waals surface area contributed by atoms with Crippen molar-refractivity contribution in [2.45, 2.75) is 38.8 Å². The minimum atomic E-state index is -0.189. The van der Waals surface area contributed by atoms with Crippen molar-refractivity contribution in [1.29, 1.82) is 0 Å². The number of carbonyl (C=O) groups excluding carboxylic acids is 1. The van der Waals surface area contributed by atoms with Gasteiger partial charge in [-0.15, -0.1) is 11.3 Å². The summed E-state index contributed by atoms with van der Waals surface area (Å²) in [6, 6.07) is 8.06. The van der Waals surface area contributed by atoms with Gasteiger partial charge in [0.25, 0.3) is 0 Å². The Morgan fingerprint density at radius 2 is 2.14 bits per heavy atom. The fourth-order valence-corrected chi connectivity index (χ4v) is 3.32. The molecule has 0 radical (unpaired) electrons. The van der Waals surface area contributed by atoms with E-state index in [0.717, 1.165) is 18.7 Å². The number of amides is 1. The van der Waals surface area contributed by atoms with Crippen LogP contribution in [0.25, 0.3) is 0 Å². The molecule has 1 amide bonds. The van der Waals surface area contributed by atoms with Gasteiger partial charge in [0.2, 0.25) is 5.91 Å². The predicted molar refractivity (Wildman–Crippen MR) is 85.6 cm³/mol. The molecule has 3 rings (SSSR count). The highest BCUT2D eigenvalue weighted by atomic mass is 32.1. The third-order valence-electron chi connectivity index (χ3n) is 3.74. The number of hydrogen-bond donors (Lipinski definition) is 2. The molecule has 5 heteroatoms. The number of hydrogen-bond acceptors (Lipinski definition) is 4. The van der Waals surface area contributed by atoms with Gasteiger partial charge in [-0.1, -0.05) is 38.1 Å². The zero-order chi connectivity index (χ0) is 14.8. The van der Waals surface area contributed by atoms with Crippen molar-refractivity contribution in [2.75, 3.05) is 5.32 Å². The van der Waals surface area contributed by atoms with E-state index in [1.807, 2.05) is 17.5 Å².